The number of carbonyl (C=O) groups excluding carboxylic acids is 1. The Morgan fingerprint density at radius 2 is 2.18 bits per heavy atom. The van der Waals surface area contributed by atoms with E-state index < -0.39 is 0 Å². The summed E-state index contributed by atoms with van der Waals surface area (Å²) in [4.78, 5) is 16.4. The fourth-order valence-corrected chi connectivity index (χ4v) is 5.28. The number of allylic oxidation sites excluding steroid dienone is 1. The highest BCUT2D eigenvalue weighted by molar-refractivity contribution is 7.99. The van der Waals surface area contributed by atoms with Crippen LogP contribution in [0.3, 0.4) is 0 Å². The molecule has 0 aliphatic heterocycles. The highest BCUT2D eigenvalue weighted by Gasteiger charge is 2.19. The molecule has 39 heavy (non-hydrogen) atoms. The Kier molecular flexibility index (Phi) is 8.39. The number of thioether (sulfide) groups is 1. The SMILES string of the molecule is Cc1cc(C(=O)NCC#Cc2ccc(OCc3nnc(SC4C=CCCC4)n3-c3cccnc3)cc2C)n[nH]1. The maximum Gasteiger partial charge on any atom is 0.272 e. The minimum atomic E-state index is -0.259. The van der Waals surface area contributed by atoms with Gasteiger partial charge in [-0.25, -0.2) is 0 Å². The van der Waals surface area contributed by atoms with Crippen LogP contribution in [0.5, 0.6) is 5.75 Å². The first-order chi connectivity index (χ1) is 19.1. The van der Waals surface area contributed by atoms with Crippen molar-refractivity contribution in [2.24, 2.45) is 0 Å². The number of pyridine rings is 1. The second kappa shape index (κ2) is 12.5. The number of hydrogen-bond acceptors (Lipinski definition) is 7. The molecule has 1 aliphatic carbocycles. The molecule has 198 valence electrons. The van der Waals surface area contributed by atoms with E-state index in [2.05, 4.69) is 54.7 Å². The average molecular weight is 540 g/mol. The number of amides is 1. The van der Waals surface area contributed by atoms with Gasteiger partial charge in [-0.1, -0.05) is 35.8 Å². The van der Waals surface area contributed by atoms with Crippen LogP contribution in [0, 0.1) is 25.7 Å². The Morgan fingerprint density at radius 3 is 2.92 bits per heavy atom. The van der Waals surface area contributed by atoms with E-state index in [9.17, 15) is 4.79 Å². The molecule has 0 bridgehead atoms. The van der Waals surface area contributed by atoms with Crippen LogP contribution >= 0.6 is 11.8 Å². The smallest absolute Gasteiger partial charge is 0.272 e. The molecule has 1 unspecified atom stereocenters. The Hall–Kier alpha value is -4.36. The summed E-state index contributed by atoms with van der Waals surface area (Å²) in [7, 11) is 0. The number of aryl methyl sites for hydroxylation is 2. The van der Waals surface area contributed by atoms with Crippen LogP contribution in [0.2, 0.25) is 0 Å². The molecule has 2 N–H and O–H groups in total. The van der Waals surface area contributed by atoms with Gasteiger partial charge in [0.1, 0.15) is 18.1 Å². The third-order valence-electron chi connectivity index (χ3n) is 6.14. The van der Waals surface area contributed by atoms with Crippen molar-refractivity contribution in [3.05, 3.63) is 89.3 Å². The Balaban J connectivity index is 1.23. The number of aromatic amines is 1. The van der Waals surface area contributed by atoms with E-state index >= 15 is 0 Å². The van der Waals surface area contributed by atoms with Crippen LogP contribution in [0.1, 0.15) is 52.4 Å². The highest BCUT2D eigenvalue weighted by Crippen LogP contribution is 2.31. The van der Waals surface area contributed by atoms with Crippen LogP contribution < -0.4 is 10.1 Å². The molecule has 0 radical (unpaired) electrons. The zero-order valence-corrected chi connectivity index (χ0v) is 22.7. The van der Waals surface area contributed by atoms with E-state index in [4.69, 9.17) is 4.74 Å². The molecule has 1 atom stereocenters. The molecule has 4 aromatic rings. The molecule has 1 amide bonds. The molecule has 9 nitrogen and oxygen atoms in total. The van der Waals surface area contributed by atoms with E-state index in [1.54, 1.807) is 24.0 Å². The second-order valence-corrected chi connectivity index (χ2v) is 10.4. The minimum absolute atomic E-state index is 0.226. The molecule has 5 rings (SSSR count). The first-order valence-corrected chi connectivity index (χ1v) is 13.7. The van der Waals surface area contributed by atoms with Gasteiger partial charge in [-0.15, -0.1) is 10.2 Å². The number of H-pyrrole nitrogens is 1. The Bertz CT molecular complexity index is 1530. The van der Waals surface area contributed by atoms with E-state index in [-0.39, 0.29) is 19.1 Å². The lowest BCUT2D eigenvalue weighted by Gasteiger charge is -2.16. The van der Waals surface area contributed by atoms with Gasteiger partial charge in [0.25, 0.3) is 5.91 Å². The van der Waals surface area contributed by atoms with Gasteiger partial charge in [-0.2, -0.15) is 5.10 Å². The van der Waals surface area contributed by atoms with E-state index in [0.29, 0.717) is 22.5 Å². The molecule has 3 aromatic heterocycles. The van der Waals surface area contributed by atoms with Crippen LogP contribution in [0.15, 0.2) is 66.1 Å². The average Bonchev–Trinajstić information content (AvgIpc) is 3.57. The van der Waals surface area contributed by atoms with Gasteiger partial charge in [-0.05, 0) is 75.1 Å². The molecule has 0 spiro atoms. The summed E-state index contributed by atoms with van der Waals surface area (Å²) in [5.74, 6) is 7.26. The topological polar surface area (TPSA) is 111 Å². The lowest BCUT2D eigenvalue weighted by Crippen LogP contribution is -2.23. The summed E-state index contributed by atoms with van der Waals surface area (Å²) in [5, 5.41) is 19.6. The van der Waals surface area contributed by atoms with Crippen LogP contribution in [0.4, 0.5) is 0 Å². The summed E-state index contributed by atoms with van der Waals surface area (Å²) in [6, 6.07) is 11.3. The number of ether oxygens (including phenoxy) is 1. The largest absolute Gasteiger partial charge is 0.486 e. The molecule has 0 saturated carbocycles. The molecule has 0 fully saturated rings. The Morgan fingerprint density at radius 1 is 1.26 bits per heavy atom. The van der Waals surface area contributed by atoms with Crippen LogP contribution in [0.25, 0.3) is 5.69 Å². The number of carbonyl (C=O) groups is 1. The van der Waals surface area contributed by atoms with Crippen LogP contribution in [-0.2, 0) is 6.61 Å². The molecule has 0 saturated heterocycles. The number of nitrogens with one attached hydrogen (secondary N) is 2. The maximum atomic E-state index is 12.1. The maximum absolute atomic E-state index is 12.1. The highest BCUT2D eigenvalue weighted by atomic mass is 32.2. The molecular formula is C29H29N7O2S. The summed E-state index contributed by atoms with van der Waals surface area (Å²) in [6.45, 7) is 4.31. The number of aromatic nitrogens is 6. The standard InChI is InChI=1S/C29H29N7O2S/c1-20-16-24(13-12-22(20)8-6-15-31-28(37)26-17-21(2)32-33-26)38-19-27-34-35-29(39-25-10-4-3-5-11-25)36(27)23-9-7-14-30-18-23/h4,7,9-10,12-14,16-18,25H,3,5,11,15,19H2,1-2H3,(H,31,37)(H,32,33). The molecule has 3 heterocycles. The predicted octanol–water partition coefficient (Wildman–Crippen LogP) is 4.56. The van der Waals surface area contributed by atoms with E-state index in [1.807, 2.05) is 54.9 Å². The lowest BCUT2D eigenvalue weighted by molar-refractivity contribution is 0.0953. The van der Waals surface area contributed by atoms with Gasteiger partial charge in [0.05, 0.1) is 18.4 Å². The van der Waals surface area contributed by atoms with Crippen molar-refractivity contribution in [3.63, 3.8) is 0 Å². The summed E-state index contributed by atoms with van der Waals surface area (Å²) < 4.78 is 8.14. The molecule has 10 heteroatoms. The summed E-state index contributed by atoms with van der Waals surface area (Å²) in [6.07, 6.45) is 11.5. The monoisotopic (exact) mass is 539 g/mol. The quantitative estimate of drug-likeness (QED) is 0.249. The first kappa shape index (κ1) is 26.3. The van der Waals surface area contributed by atoms with Gasteiger partial charge in [0, 0.05) is 22.7 Å². The third-order valence-corrected chi connectivity index (χ3v) is 7.31. The van der Waals surface area contributed by atoms with Crippen molar-refractivity contribution in [3.8, 4) is 23.3 Å². The second-order valence-electron chi connectivity index (χ2n) is 9.15. The third kappa shape index (κ3) is 6.75. The molecule has 1 aromatic carbocycles. The molecule has 1 aliphatic rings. The normalized spacial score (nSPS) is 14.5. The number of rotatable bonds is 8. The fourth-order valence-electron chi connectivity index (χ4n) is 4.13. The number of nitrogens with zero attached hydrogens (tertiary/aromatic N) is 5. The Labute approximate surface area is 231 Å². The van der Waals surface area contributed by atoms with Crippen molar-refractivity contribution >= 4 is 17.7 Å². The van der Waals surface area contributed by atoms with Crippen molar-refractivity contribution in [2.45, 2.75) is 50.1 Å². The zero-order valence-electron chi connectivity index (χ0n) is 21.8. The van der Waals surface area contributed by atoms with Gasteiger partial charge in [0.15, 0.2) is 11.0 Å². The number of hydrogen-bond donors (Lipinski definition) is 2. The summed E-state index contributed by atoms with van der Waals surface area (Å²) >= 11 is 1.72. The van der Waals surface area contributed by atoms with Gasteiger partial charge < -0.3 is 10.1 Å². The van der Waals surface area contributed by atoms with Crippen molar-refractivity contribution in [1.29, 1.82) is 0 Å². The zero-order chi connectivity index (χ0) is 27.0. The minimum Gasteiger partial charge on any atom is -0.486 e. The van der Waals surface area contributed by atoms with E-state index in [1.165, 1.54) is 6.42 Å². The first-order valence-electron chi connectivity index (χ1n) is 12.8. The van der Waals surface area contributed by atoms with Gasteiger partial charge in [0.2, 0.25) is 0 Å². The number of benzene rings is 1. The molecular weight excluding hydrogens is 510 g/mol. The van der Waals surface area contributed by atoms with E-state index in [0.717, 1.165) is 40.5 Å². The predicted molar refractivity (Wildman–Crippen MR) is 150 cm³/mol. The summed E-state index contributed by atoms with van der Waals surface area (Å²) in [5.41, 5.74) is 3.92. The van der Waals surface area contributed by atoms with Crippen molar-refractivity contribution < 1.29 is 9.53 Å². The van der Waals surface area contributed by atoms with Crippen molar-refractivity contribution in [1.82, 2.24) is 35.3 Å². The lowest BCUT2D eigenvalue weighted by atomic mass is 10.1. The van der Waals surface area contributed by atoms with Crippen LogP contribution in [-0.4, -0.2) is 47.6 Å². The van der Waals surface area contributed by atoms with Gasteiger partial charge in [-0.3, -0.25) is 19.4 Å². The van der Waals surface area contributed by atoms with Crippen molar-refractivity contribution in [2.75, 3.05) is 6.54 Å². The van der Waals surface area contributed by atoms with Gasteiger partial charge >= 0.3 is 0 Å². The fraction of sp³-hybridized carbons (Fsp3) is 0.276.